The van der Waals surface area contributed by atoms with Crippen LogP contribution in [-0.2, 0) is 26.3 Å². The monoisotopic (exact) mass is 481 g/mol. The lowest BCUT2D eigenvalue weighted by Crippen LogP contribution is -2.45. The van der Waals surface area contributed by atoms with E-state index < -0.39 is 5.41 Å². The predicted molar refractivity (Wildman–Crippen MR) is 137 cm³/mol. The number of likely N-dealkylation sites (tertiary alicyclic amines) is 2. The Kier molecular flexibility index (Phi) is 6.68. The van der Waals surface area contributed by atoms with Gasteiger partial charge in [0.05, 0.1) is 12.0 Å². The first-order valence-electron chi connectivity index (χ1n) is 12.6. The average Bonchev–Trinajstić information content (AvgIpc) is 3.14. The SMILES string of the molecule is Cc1ccccc1C1(CC(=O)N2CCC(c3ccccc3)CC2)CC(=O)N(Cc2cccnc2)C1=O. The van der Waals surface area contributed by atoms with Crippen LogP contribution in [0.3, 0.4) is 0 Å². The summed E-state index contributed by atoms with van der Waals surface area (Å²) < 4.78 is 0. The molecule has 0 aliphatic carbocycles. The Morgan fingerprint density at radius 1 is 0.972 bits per heavy atom. The molecule has 2 saturated heterocycles. The van der Waals surface area contributed by atoms with Gasteiger partial charge in [-0.05, 0) is 54.0 Å². The fourth-order valence-electron chi connectivity index (χ4n) is 5.75. The highest BCUT2D eigenvalue weighted by Crippen LogP contribution is 2.42. The Morgan fingerprint density at radius 2 is 1.69 bits per heavy atom. The number of aromatic nitrogens is 1. The van der Waals surface area contributed by atoms with Crippen molar-refractivity contribution in [3.8, 4) is 0 Å². The van der Waals surface area contributed by atoms with Gasteiger partial charge in [0.2, 0.25) is 17.7 Å². The van der Waals surface area contributed by atoms with Crippen molar-refractivity contribution in [1.29, 1.82) is 0 Å². The molecule has 6 heteroatoms. The summed E-state index contributed by atoms with van der Waals surface area (Å²) in [5, 5.41) is 0. The molecule has 0 radical (unpaired) electrons. The molecule has 184 valence electrons. The Morgan fingerprint density at radius 3 is 2.39 bits per heavy atom. The largest absolute Gasteiger partial charge is 0.343 e. The van der Waals surface area contributed by atoms with E-state index in [1.165, 1.54) is 10.5 Å². The van der Waals surface area contributed by atoms with Crippen molar-refractivity contribution in [3.63, 3.8) is 0 Å². The second kappa shape index (κ2) is 10.1. The minimum Gasteiger partial charge on any atom is -0.343 e. The van der Waals surface area contributed by atoms with Gasteiger partial charge in [0.25, 0.3) is 0 Å². The molecular weight excluding hydrogens is 450 g/mol. The van der Waals surface area contributed by atoms with E-state index in [1.54, 1.807) is 18.5 Å². The summed E-state index contributed by atoms with van der Waals surface area (Å²) in [7, 11) is 0. The van der Waals surface area contributed by atoms with Crippen molar-refractivity contribution in [2.75, 3.05) is 13.1 Å². The molecule has 2 fully saturated rings. The van der Waals surface area contributed by atoms with Crippen molar-refractivity contribution >= 4 is 17.7 Å². The van der Waals surface area contributed by atoms with E-state index in [0.717, 1.165) is 29.5 Å². The van der Waals surface area contributed by atoms with Crippen LogP contribution in [0.2, 0.25) is 0 Å². The number of carbonyl (C=O) groups is 3. The fraction of sp³-hybridized carbons (Fsp3) is 0.333. The number of carbonyl (C=O) groups excluding carboxylic acids is 3. The van der Waals surface area contributed by atoms with Gasteiger partial charge in [0.15, 0.2) is 0 Å². The lowest BCUT2D eigenvalue weighted by molar-refractivity contribution is -0.143. The normalized spacial score (nSPS) is 20.7. The summed E-state index contributed by atoms with van der Waals surface area (Å²) in [5.41, 5.74) is 2.59. The Balaban J connectivity index is 1.38. The minimum absolute atomic E-state index is 0.00195. The molecule has 0 spiro atoms. The van der Waals surface area contributed by atoms with Crippen LogP contribution in [0, 0.1) is 6.92 Å². The van der Waals surface area contributed by atoms with Crippen LogP contribution in [0.1, 0.15) is 53.9 Å². The zero-order chi connectivity index (χ0) is 25.1. The molecule has 36 heavy (non-hydrogen) atoms. The number of benzene rings is 2. The summed E-state index contributed by atoms with van der Waals surface area (Å²) in [6.45, 7) is 3.41. The lowest BCUT2D eigenvalue weighted by atomic mass is 9.73. The van der Waals surface area contributed by atoms with Crippen molar-refractivity contribution in [2.45, 2.75) is 50.5 Å². The van der Waals surface area contributed by atoms with E-state index in [2.05, 4.69) is 29.2 Å². The number of pyridine rings is 1. The summed E-state index contributed by atoms with van der Waals surface area (Å²) in [6.07, 6.45) is 5.12. The molecular formula is C30H31N3O3. The first-order valence-corrected chi connectivity index (χ1v) is 12.6. The highest BCUT2D eigenvalue weighted by molar-refractivity contribution is 6.10. The van der Waals surface area contributed by atoms with Crippen LogP contribution in [0.25, 0.3) is 0 Å². The van der Waals surface area contributed by atoms with Crippen LogP contribution in [-0.4, -0.2) is 45.6 Å². The highest BCUT2D eigenvalue weighted by Gasteiger charge is 2.54. The van der Waals surface area contributed by atoms with Gasteiger partial charge < -0.3 is 4.90 Å². The van der Waals surface area contributed by atoms with Gasteiger partial charge in [-0.15, -0.1) is 0 Å². The number of hydrogen-bond acceptors (Lipinski definition) is 4. The summed E-state index contributed by atoms with van der Waals surface area (Å²) in [4.78, 5) is 48.1. The average molecular weight is 482 g/mol. The molecule has 2 aliphatic heterocycles. The third-order valence-corrected chi connectivity index (χ3v) is 7.70. The minimum atomic E-state index is -1.18. The molecule has 6 nitrogen and oxygen atoms in total. The van der Waals surface area contributed by atoms with E-state index in [9.17, 15) is 14.4 Å². The molecule has 3 heterocycles. The first kappa shape index (κ1) is 23.9. The van der Waals surface area contributed by atoms with E-state index >= 15 is 0 Å². The number of hydrogen-bond donors (Lipinski definition) is 0. The molecule has 3 aromatic rings. The van der Waals surface area contributed by atoms with Crippen molar-refractivity contribution < 1.29 is 14.4 Å². The van der Waals surface area contributed by atoms with Crippen LogP contribution in [0.5, 0.6) is 0 Å². The van der Waals surface area contributed by atoms with Crippen LogP contribution in [0.4, 0.5) is 0 Å². The number of piperidine rings is 1. The van der Waals surface area contributed by atoms with E-state index in [4.69, 9.17) is 0 Å². The number of nitrogens with zero attached hydrogens (tertiary/aromatic N) is 3. The summed E-state index contributed by atoms with van der Waals surface area (Å²) >= 11 is 0. The third-order valence-electron chi connectivity index (χ3n) is 7.70. The Bertz CT molecular complexity index is 1250. The second-order valence-electron chi connectivity index (χ2n) is 9.96. The van der Waals surface area contributed by atoms with Gasteiger partial charge in [-0.3, -0.25) is 24.3 Å². The maximum atomic E-state index is 14.0. The molecule has 0 bridgehead atoms. The van der Waals surface area contributed by atoms with Crippen LogP contribution in [0.15, 0.2) is 79.1 Å². The van der Waals surface area contributed by atoms with Crippen molar-refractivity contribution in [1.82, 2.24) is 14.8 Å². The number of amides is 3. The van der Waals surface area contributed by atoms with Crippen molar-refractivity contribution in [2.24, 2.45) is 0 Å². The third kappa shape index (κ3) is 4.55. The topological polar surface area (TPSA) is 70.6 Å². The van der Waals surface area contributed by atoms with E-state index in [0.29, 0.717) is 19.0 Å². The number of rotatable bonds is 6. The molecule has 0 saturated carbocycles. The molecule has 1 unspecified atom stereocenters. The summed E-state index contributed by atoms with van der Waals surface area (Å²) in [5.74, 6) is -0.166. The lowest BCUT2D eigenvalue weighted by Gasteiger charge is -2.35. The zero-order valence-electron chi connectivity index (χ0n) is 20.6. The zero-order valence-corrected chi connectivity index (χ0v) is 20.6. The van der Waals surface area contributed by atoms with Gasteiger partial charge >= 0.3 is 0 Å². The molecule has 1 atom stereocenters. The van der Waals surface area contributed by atoms with Gasteiger partial charge in [-0.2, -0.15) is 0 Å². The van der Waals surface area contributed by atoms with Gasteiger partial charge in [-0.1, -0.05) is 60.7 Å². The van der Waals surface area contributed by atoms with E-state index in [1.807, 2.05) is 48.2 Å². The van der Waals surface area contributed by atoms with Crippen LogP contribution >= 0.6 is 0 Å². The van der Waals surface area contributed by atoms with Gasteiger partial charge in [-0.25, -0.2) is 0 Å². The maximum Gasteiger partial charge on any atom is 0.241 e. The smallest absolute Gasteiger partial charge is 0.241 e. The summed E-state index contributed by atoms with van der Waals surface area (Å²) in [6, 6.07) is 21.7. The molecule has 1 aromatic heterocycles. The van der Waals surface area contributed by atoms with Crippen molar-refractivity contribution in [3.05, 3.63) is 101 Å². The van der Waals surface area contributed by atoms with Crippen LogP contribution < -0.4 is 0 Å². The fourth-order valence-corrected chi connectivity index (χ4v) is 5.75. The molecule has 2 aliphatic rings. The number of imide groups is 1. The maximum absolute atomic E-state index is 14.0. The predicted octanol–water partition coefficient (Wildman–Crippen LogP) is 4.38. The standard InChI is InChI=1S/C30H31N3O3/c1-22-8-5-6-12-26(22)30(19-28(35)33(29(30)36)21-23-9-7-15-31-20-23)18-27(34)32-16-13-25(14-17-32)24-10-3-2-4-11-24/h2-12,15,20,25H,13-14,16-19,21H2,1H3. The van der Waals surface area contributed by atoms with Gasteiger partial charge in [0, 0.05) is 38.3 Å². The molecule has 3 amide bonds. The molecule has 0 N–H and O–H groups in total. The Labute approximate surface area is 212 Å². The highest BCUT2D eigenvalue weighted by atomic mass is 16.2. The molecule has 5 rings (SSSR count). The first-order chi connectivity index (χ1) is 17.5. The van der Waals surface area contributed by atoms with E-state index in [-0.39, 0.29) is 37.1 Å². The molecule has 2 aromatic carbocycles. The Hall–Kier alpha value is -3.80. The van der Waals surface area contributed by atoms with Gasteiger partial charge in [0.1, 0.15) is 0 Å². The quantitative estimate of drug-likeness (QED) is 0.490. The number of aryl methyl sites for hydroxylation is 1. The second-order valence-corrected chi connectivity index (χ2v) is 9.96.